The van der Waals surface area contributed by atoms with E-state index in [9.17, 15) is 0 Å². The highest BCUT2D eigenvalue weighted by atomic mass is 15.3. The Morgan fingerprint density at radius 1 is 1.17 bits per heavy atom. The number of rotatable bonds is 5. The largest absolute Gasteiger partial charge is 0.302 e. The third-order valence-corrected chi connectivity index (χ3v) is 4.64. The summed E-state index contributed by atoms with van der Waals surface area (Å²) in [6, 6.07) is 0.409. The highest BCUT2D eigenvalue weighted by molar-refractivity contribution is 5.00. The minimum absolute atomic E-state index is 0.262. The molecule has 3 nitrogen and oxygen atoms in total. The van der Waals surface area contributed by atoms with E-state index in [4.69, 9.17) is 5.84 Å². The molecule has 3 heteroatoms. The number of likely N-dealkylation sites (N-methyl/N-ethyl adjacent to an activating group) is 1. The summed E-state index contributed by atoms with van der Waals surface area (Å²) >= 11 is 0. The van der Waals surface area contributed by atoms with Crippen molar-refractivity contribution in [2.24, 2.45) is 11.3 Å². The van der Waals surface area contributed by atoms with Crippen LogP contribution in [0.3, 0.4) is 0 Å². The lowest BCUT2D eigenvalue weighted by Gasteiger charge is -2.48. The van der Waals surface area contributed by atoms with Gasteiger partial charge in [-0.25, -0.2) is 0 Å². The van der Waals surface area contributed by atoms with Crippen LogP contribution in [0.4, 0.5) is 0 Å². The number of nitrogens with one attached hydrogen (secondary N) is 1. The van der Waals surface area contributed by atoms with Gasteiger partial charge < -0.3 is 4.90 Å². The van der Waals surface area contributed by atoms with Crippen molar-refractivity contribution in [3.63, 3.8) is 0 Å². The molecule has 0 aromatic heterocycles. The summed E-state index contributed by atoms with van der Waals surface area (Å²) in [5, 5.41) is 0. The van der Waals surface area contributed by atoms with E-state index in [1.54, 1.807) is 0 Å². The monoisotopic (exact) mass is 255 g/mol. The van der Waals surface area contributed by atoms with Gasteiger partial charge in [-0.2, -0.15) is 0 Å². The van der Waals surface area contributed by atoms with Crippen molar-refractivity contribution >= 4 is 0 Å². The first-order valence-electron chi connectivity index (χ1n) is 7.45. The Labute approximate surface area is 113 Å². The maximum absolute atomic E-state index is 5.88. The molecule has 1 atom stereocenters. The lowest BCUT2D eigenvalue weighted by atomic mass is 9.72. The first-order valence-corrected chi connectivity index (χ1v) is 7.45. The fourth-order valence-electron chi connectivity index (χ4n) is 3.36. The first-order chi connectivity index (χ1) is 8.32. The van der Waals surface area contributed by atoms with Crippen LogP contribution in [0.25, 0.3) is 0 Å². The average molecular weight is 255 g/mol. The van der Waals surface area contributed by atoms with Crippen LogP contribution in [0.2, 0.25) is 0 Å². The second-order valence-corrected chi connectivity index (χ2v) is 7.38. The maximum atomic E-state index is 5.88. The molecule has 1 saturated carbocycles. The van der Waals surface area contributed by atoms with Gasteiger partial charge >= 0.3 is 0 Å². The Hall–Kier alpha value is -0.120. The van der Waals surface area contributed by atoms with Crippen molar-refractivity contribution < 1.29 is 0 Å². The zero-order valence-electron chi connectivity index (χ0n) is 13.1. The van der Waals surface area contributed by atoms with E-state index < -0.39 is 0 Å². The summed E-state index contributed by atoms with van der Waals surface area (Å²) in [5.41, 5.74) is 3.77. The van der Waals surface area contributed by atoms with E-state index in [1.807, 2.05) is 0 Å². The molecule has 1 aliphatic rings. The van der Waals surface area contributed by atoms with Crippen molar-refractivity contribution in [2.45, 2.75) is 77.3 Å². The van der Waals surface area contributed by atoms with Gasteiger partial charge in [-0.3, -0.25) is 11.3 Å². The number of nitrogens with two attached hydrogens (primary N) is 1. The van der Waals surface area contributed by atoms with Gasteiger partial charge in [0.25, 0.3) is 0 Å². The van der Waals surface area contributed by atoms with Crippen molar-refractivity contribution in [3.05, 3.63) is 0 Å². The third-order valence-electron chi connectivity index (χ3n) is 4.64. The number of nitrogens with zero attached hydrogens (tertiary/aromatic N) is 1. The highest BCUT2D eigenvalue weighted by Gasteiger charge is 2.41. The summed E-state index contributed by atoms with van der Waals surface area (Å²) in [7, 11) is 4.43. The smallest absolute Gasteiger partial charge is 0.0394 e. The molecule has 0 aromatic carbocycles. The Balaban J connectivity index is 2.74. The van der Waals surface area contributed by atoms with Gasteiger partial charge in [0.05, 0.1) is 0 Å². The molecule has 108 valence electrons. The normalized spacial score (nSPS) is 22.2. The topological polar surface area (TPSA) is 41.3 Å². The molecule has 3 N–H and O–H groups in total. The van der Waals surface area contributed by atoms with Crippen LogP contribution < -0.4 is 11.3 Å². The second kappa shape index (κ2) is 6.36. The summed E-state index contributed by atoms with van der Waals surface area (Å²) < 4.78 is 0. The maximum Gasteiger partial charge on any atom is 0.0394 e. The summed E-state index contributed by atoms with van der Waals surface area (Å²) in [6.07, 6.45) is 9.00. The van der Waals surface area contributed by atoms with Crippen LogP contribution in [0.15, 0.2) is 0 Å². The van der Waals surface area contributed by atoms with Gasteiger partial charge in [0.15, 0.2) is 0 Å². The van der Waals surface area contributed by atoms with Crippen LogP contribution in [0.5, 0.6) is 0 Å². The third kappa shape index (κ3) is 3.94. The van der Waals surface area contributed by atoms with Crippen molar-refractivity contribution in [1.29, 1.82) is 0 Å². The van der Waals surface area contributed by atoms with E-state index in [1.165, 1.54) is 38.5 Å². The van der Waals surface area contributed by atoms with Crippen LogP contribution in [-0.4, -0.2) is 30.6 Å². The minimum Gasteiger partial charge on any atom is -0.302 e. The minimum atomic E-state index is 0.262. The Morgan fingerprint density at radius 2 is 1.72 bits per heavy atom. The molecule has 0 bridgehead atoms. The zero-order valence-corrected chi connectivity index (χ0v) is 13.1. The van der Waals surface area contributed by atoms with E-state index in [0.717, 1.165) is 6.42 Å². The SMILES string of the molecule is CN(C)C1(C(CCC(C)(C)C)NN)CCCCC1. The molecule has 0 aromatic rings. The Kier molecular flexibility index (Phi) is 5.63. The van der Waals surface area contributed by atoms with E-state index in [0.29, 0.717) is 11.5 Å². The second-order valence-electron chi connectivity index (χ2n) is 7.38. The fraction of sp³-hybridized carbons (Fsp3) is 1.00. The molecule has 0 spiro atoms. The van der Waals surface area contributed by atoms with Crippen LogP contribution >= 0.6 is 0 Å². The van der Waals surface area contributed by atoms with Gasteiger partial charge in [-0.1, -0.05) is 40.0 Å². The average Bonchev–Trinajstić information content (AvgIpc) is 2.29. The molecular weight excluding hydrogens is 222 g/mol. The molecule has 0 aliphatic heterocycles. The quantitative estimate of drug-likeness (QED) is 0.586. The molecular formula is C15H33N3. The molecule has 18 heavy (non-hydrogen) atoms. The molecule has 0 amide bonds. The molecule has 1 fully saturated rings. The standard InChI is InChI=1S/C15H33N3/c1-14(2,3)12-9-13(17-16)15(18(4)5)10-7-6-8-11-15/h13,17H,6-12,16H2,1-5H3. The molecule has 0 radical (unpaired) electrons. The number of hydrogen-bond donors (Lipinski definition) is 2. The molecule has 1 rings (SSSR count). The predicted molar refractivity (Wildman–Crippen MR) is 79.3 cm³/mol. The van der Waals surface area contributed by atoms with Crippen LogP contribution in [0.1, 0.15) is 65.7 Å². The van der Waals surface area contributed by atoms with Crippen LogP contribution in [0, 0.1) is 5.41 Å². The summed E-state index contributed by atoms with van der Waals surface area (Å²) in [6.45, 7) is 6.93. The predicted octanol–water partition coefficient (Wildman–Crippen LogP) is 2.91. The van der Waals surface area contributed by atoms with E-state index in [2.05, 4.69) is 45.2 Å². The van der Waals surface area contributed by atoms with Crippen molar-refractivity contribution in [3.8, 4) is 0 Å². The lowest BCUT2D eigenvalue weighted by Crippen LogP contribution is -2.61. The van der Waals surface area contributed by atoms with Crippen molar-refractivity contribution in [1.82, 2.24) is 10.3 Å². The Morgan fingerprint density at radius 3 is 2.11 bits per heavy atom. The summed E-state index contributed by atoms with van der Waals surface area (Å²) in [5.74, 6) is 5.88. The van der Waals surface area contributed by atoms with Crippen LogP contribution in [-0.2, 0) is 0 Å². The van der Waals surface area contributed by atoms with E-state index >= 15 is 0 Å². The number of hydrogen-bond acceptors (Lipinski definition) is 3. The lowest BCUT2D eigenvalue weighted by molar-refractivity contribution is 0.0490. The van der Waals surface area contributed by atoms with Crippen molar-refractivity contribution in [2.75, 3.05) is 14.1 Å². The molecule has 0 heterocycles. The van der Waals surface area contributed by atoms with Gasteiger partial charge in [-0.15, -0.1) is 0 Å². The molecule has 1 aliphatic carbocycles. The fourth-order valence-corrected chi connectivity index (χ4v) is 3.36. The first kappa shape index (κ1) is 15.9. The van der Waals surface area contributed by atoms with Gasteiger partial charge in [0, 0.05) is 11.6 Å². The Bertz CT molecular complexity index is 237. The highest BCUT2D eigenvalue weighted by Crippen LogP contribution is 2.37. The van der Waals surface area contributed by atoms with Gasteiger partial charge in [0.2, 0.25) is 0 Å². The molecule has 0 saturated heterocycles. The van der Waals surface area contributed by atoms with E-state index in [-0.39, 0.29) is 5.54 Å². The number of hydrazine groups is 1. The van der Waals surface area contributed by atoms with Gasteiger partial charge in [0.1, 0.15) is 0 Å². The molecule has 1 unspecified atom stereocenters. The van der Waals surface area contributed by atoms with Gasteiger partial charge in [-0.05, 0) is 45.2 Å². The zero-order chi connectivity index (χ0) is 13.8. The summed E-state index contributed by atoms with van der Waals surface area (Å²) in [4.78, 5) is 2.42.